The monoisotopic (exact) mass is 544 g/mol. The second kappa shape index (κ2) is 18.6. The Bertz CT molecular complexity index is 648. The van der Waals surface area contributed by atoms with Crippen LogP contribution in [-0.4, -0.2) is 89.1 Å². The Morgan fingerprint density at radius 3 is 1.28 bits per heavy atom. The first-order valence-electron chi connectivity index (χ1n) is 13.8. The number of benzene rings is 1. The fraction of sp³-hybridized carbons (Fsp3) is 0.786. The van der Waals surface area contributed by atoms with Gasteiger partial charge in [0, 0.05) is 24.3 Å². The van der Waals surface area contributed by atoms with Crippen molar-refractivity contribution >= 4 is 21.8 Å². The molecule has 0 radical (unpaired) electrons. The summed E-state index contributed by atoms with van der Waals surface area (Å²) in [6.45, 7) is 10.2. The van der Waals surface area contributed by atoms with Crippen LogP contribution in [0.2, 0.25) is 0 Å². The van der Waals surface area contributed by atoms with Crippen LogP contribution in [0.25, 0.3) is 0 Å². The molecule has 0 N–H and O–H groups in total. The van der Waals surface area contributed by atoms with Gasteiger partial charge in [0.1, 0.15) is 59.2 Å². The maximum absolute atomic E-state index is 6.34. The fourth-order valence-corrected chi connectivity index (χ4v) is 9.21. The van der Waals surface area contributed by atoms with Gasteiger partial charge in [-0.3, -0.25) is 0 Å². The van der Waals surface area contributed by atoms with Gasteiger partial charge in [-0.15, -0.1) is 0 Å². The van der Waals surface area contributed by atoms with Gasteiger partial charge in [0.25, 0.3) is 0 Å². The van der Waals surface area contributed by atoms with Gasteiger partial charge in [0.2, 0.25) is 0 Å². The van der Waals surface area contributed by atoms with Crippen molar-refractivity contribution in [3.8, 4) is 11.5 Å². The standard InChI is InChI=1S/C28H48O6S2/c1-3-29-9-11-31-13-15-33-27-21-26(24-36-19-7-8-20-36)28(34-16-14-32-12-10-30-4-2)22-25(27)23-35-17-5-6-18-35/h21-22H,3-20,23-24H2,1-2H3/q+2. The Balaban J connectivity index is 1.65. The Morgan fingerprint density at radius 2 is 0.889 bits per heavy atom. The molecule has 36 heavy (non-hydrogen) atoms. The van der Waals surface area contributed by atoms with Crippen LogP contribution in [-0.2, 0) is 52.2 Å². The first-order valence-corrected chi connectivity index (χ1v) is 17.3. The van der Waals surface area contributed by atoms with E-state index in [4.69, 9.17) is 28.4 Å². The van der Waals surface area contributed by atoms with E-state index in [2.05, 4.69) is 12.1 Å². The number of ether oxygens (including phenoxy) is 6. The first-order chi connectivity index (χ1) is 17.8. The average molecular weight is 545 g/mol. The van der Waals surface area contributed by atoms with Crippen molar-refractivity contribution in [2.45, 2.75) is 51.0 Å². The van der Waals surface area contributed by atoms with Gasteiger partial charge in [-0.05, 0) is 73.5 Å². The Labute approximate surface area is 224 Å². The molecule has 0 aromatic heterocycles. The molecule has 2 aliphatic rings. The van der Waals surface area contributed by atoms with Crippen molar-refractivity contribution in [3.05, 3.63) is 23.3 Å². The third-order valence-electron chi connectivity index (χ3n) is 6.32. The SMILES string of the molecule is CCOCCOCCOc1cc(C[S+]2CCCC2)c(OCCOCCOCC)cc1C[S+]1CCCC1. The van der Waals surface area contributed by atoms with Crippen molar-refractivity contribution < 1.29 is 28.4 Å². The molecule has 0 aliphatic carbocycles. The van der Waals surface area contributed by atoms with Crippen LogP contribution < -0.4 is 9.47 Å². The van der Waals surface area contributed by atoms with Gasteiger partial charge in [0.15, 0.2) is 0 Å². The molecule has 0 unspecified atom stereocenters. The molecule has 0 amide bonds. The molecule has 0 bridgehead atoms. The van der Waals surface area contributed by atoms with Crippen LogP contribution in [0.1, 0.15) is 50.7 Å². The van der Waals surface area contributed by atoms with Crippen molar-refractivity contribution in [1.82, 2.24) is 0 Å². The molecule has 6 nitrogen and oxygen atoms in total. The quantitative estimate of drug-likeness (QED) is 0.179. The zero-order chi connectivity index (χ0) is 25.3. The van der Waals surface area contributed by atoms with Crippen LogP contribution in [0.3, 0.4) is 0 Å². The zero-order valence-corrected chi connectivity index (χ0v) is 24.2. The Morgan fingerprint density at radius 1 is 0.528 bits per heavy atom. The molecule has 0 atom stereocenters. The minimum atomic E-state index is 0.448. The fourth-order valence-electron chi connectivity index (χ4n) is 4.45. The highest BCUT2D eigenvalue weighted by atomic mass is 32.2. The van der Waals surface area contributed by atoms with Crippen molar-refractivity contribution in [1.29, 1.82) is 0 Å². The Kier molecular flexibility index (Phi) is 15.4. The van der Waals surface area contributed by atoms with Crippen LogP contribution in [0, 0.1) is 0 Å². The van der Waals surface area contributed by atoms with E-state index in [0.29, 0.717) is 74.6 Å². The molecule has 0 spiro atoms. The lowest BCUT2D eigenvalue weighted by Crippen LogP contribution is -2.16. The highest BCUT2D eigenvalue weighted by Crippen LogP contribution is 2.34. The van der Waals surface area contributed by atoms with E-state index >= 15 is 0 Å². The molecule has 0 saturated carbocycles. The average Bonchev–Trinajstić information content (AvgIpc) is 3.59. The predicted octanol–water partition coefficient (Wildman–Crippen LogP) is 4.37. The smallest absolute Gasteiger partial charge is 0.136 e. The van der Waals surface area contributed by atoms with Gasteiger partial charge in [-0.2, -0.15) is 0 Å². The lowest BCUT2D eigenvalue weighted by atomic mass is 10.1. The topological polar surface area (TPSA) is 55.4 Å². The molecule has 2 aliphatic heterocycles. The lowest BCUT2D eigenvalue weighted by Gasteiger charge is -2.17. The largest absolute Gasteiger partial charge is 0.491 e. The first kappa shape index (κ1) is 29.9. The molecule has 2 fully saturated rings. The van der Waals surface area contributed by atoms with E-state index in [1.807, 2.05) is 13.8 Å². The van der Waals surface area contributed by atoms with Crippen LogP contribution in [0.15, 0.2) is 12.1 Å². The van der Waals surface area contributed by atoms with Gasteiger partial charge in [-0.1, -0.05) is 0 Å². The maximum Gasteiger partial charge on any atom is 0.136 e. The van der Waals surface area contributed by atoms with Gasteiger partial charge in [0.05, 0.1) is 39.6 Å². The molecular formula is C28H48O6S2+2. The van der Waals surface area contributed by atoms with E-state index in [-0.39, 0.29) is 0 Å². The molecule has 8 heteroatoms. The summed E-state index contributed by atoms with van der Waals surface area (Å²) in [6.07, 6.45) is 5.43. The summed E-state index contributed by atoms with van der Waals surface area (Å²) >= 11 is 0. The summed E-state index contributed by atoms with van der Waals surface area (Å²) in [6, 6.07) is 4.57. The molecule has 3 rings (SSSR count). The summed E-state index contributed by atoms with van der Waals surface area (Å²) in [5.74, 6) is 9.61. The van der Waals surface area contributed by atoms with E-state index in [1.54, 1.807) is 0 Å². The van der Waals surface area contributed by atoms with Crippen molar-refractivity contribution in [3.63, 3.8) is 0 Å². The highest BCUT2D eigenvalue weighted by Gasteiger charge is 2.29. The summed E-state index contributed by atoms with van der Waals surface area (Å²) in [4.78, 5) is 0. The summed E-state index contributed by atoms with van der Waals surface area (Å²) in [7, 11) is 0.895. The zero-order valence-electron chi connectivity index (χ0n) is 22.6. The molecular weight excluding hydrogens is 496 g/mol. The van der Waals surface area contributed by atoms with Crippen molar-refractivity contribution in [2.75, 3.05) is 89.1 Å². The molecule has 2 saturated heterocycles. The minimum Gasteiger partial charge on any atom is -0.491 e. The summed E-state index contributed by atoms with van der Waals surface area (Å²) in [5.41, 5.74) is 2.58. The van der Waals surface area contributed by atoms with Gasteiger partial charge < -0.3 is 28.4 Å². The molecule has 2 heterocycles. The summed E-state index contributed by atoms with van der Waals surface area (Å²) < 4.78 is 34.8. The third kappa shape index (κ3) is 11.4. The third-order valence-corrected chi connectivity index (χ3v) is 11.2. The number of hydrogen-bond donors (Lipinski definition) is 0. The number of hydrogen-bond acceptors (Lipinski definition) is 6. The summed E-state index contributed by atoms with van der Waals surface area (Å²) in [5, 5.41) is 0. The molecule has 1 aromatic rings. The number of rotatable bonds is 20. The van der Waals surface area contributed by atoms with Gasteiger partial charge >= 0.3 is 0 Å². The van der Waals surface area contributed by atoms with E-state index in [9.17, 15) is 0 Å². The van der Waals surface area contributed by atoms with Crippen LogP contribution in [0.4, 0.5) is 0 Å². The maximum atomic E-state index is 6.34. The Hall–Kier alpha value is -0.640. The molecule has 206 valence electrons. The normalized spacial score (nSPS) is 16.7. The van der Waals surface area contributed by atoms with Crippen LogP contribution >= 0.6 is 0 Å². The van der Waals surface area contributed by atoms with Crippen molar-refractivity contribution in [2.24, 2.45) is 0 Å². The highest BCUT2D eigenvalue weighted by molar-refractivity contribution is 7.96. The predicted molar refractivity (Wildman–Crippen MR) is 152 cm³/mol. The van der Waals surface area contributed by atoms with Crippen LogP contribution in [0.5, 0.6) is 11.5 Å². The molecule has 1 aromatic carbocycles. The van der Waals surface area contributed by atoms with E-state index in [0.717, 1.165) is 36.2 Å². The second-order valence-electron chi connectivity index (χ2n) is 9.13. The van der Waals surface area contributed by atoms with E-state index in [1.165, 1.54) is 59.8 Å². The second-order valence-corrected chi connectivity index (χ2v) is 13.8. The van der Waals surface area contributed by atoms with Gasteiger partial charge in [-0.25, -0.2) is 0 Å². The lowest BCUT2D eigenvalue weighted by molar-refractivity contribution is 0.0399. The minimum absolute atomic E-state index is 0.448. The van der Waals surface area contributed by atoms with E-state index < -0.39 is 0 Å².